The lowest BCUT2D eigenvalue weighted by atomic mass is 10.1. The summed E-state index contributed by atoms with van der Waals surface area (Å²) in [6, 6.07) is 10.5. The van der Waals surface area contributed by atoms with Crippen molar-refractivity contribution >= 4 is 17.1 Å². The Morgan fingerprint density at radius 2 is 1.95 bits per heavy atom. The number of pyridine rings is 1. The number of hydrogen-bond donors (Lipinski definition) is 2. The van der Waals surface area contributed by atoms with E-state index in [1.807, 2.05) is 19.1 Å². The molecule has 0 fully saturated rings. The lowest BCUT2D eigenvalue weighted by molar-refractivity contribution is 0.0697. The molecule has 0 aliphatic heterocycles. The first-order valence-corrected chi connectivity index (χ1v) is 5.81. The quantitative estimate of drug-likeness (QED) is 0.735. The number of aryl methyl sites for hydroxylation is 1. The second kappa shape index (κ2) is 4.20. The van der Waals surface area contributed by atoms with Crippen LogP contribution >= 0.6 is 0 Å². The smallest absolute Gasteiger partial charge is 0.336 e. The molecule has 0 aliphatic rings. The summed E-state index contributed by atoms with van der Waals surface area (Å²) in [5, 5.41) is 9.19. The number of aromatic amines is 1. The van der Waals surface area contributed by atoms with Crippen LogP contribution in [0.3, 0.4) is 0 Å². The monoisotopic (exact) mass is 253 g/mol. The molecule has 0 saturated carbocycles. The van der Waals surface area contributed by atoms with Gasteiger partial charge in [-0.25, -0.2) is 14.8 Å². The summed E-state index contributed by atoms with van der Waals surface area (Å²) in [5.41, 5.74) is 3.04. The Hall–Kier alpha value is -2.69. The molecular formula is C14H11N3O2. The van der Waals surface area contributed by atoms with E-state index in [9.17, 15) is 9.90 Å². The molecule has 2 aromatic heterocycles. The lowest BCUT2D eigenvalue weighted by Crippen LogP contribution is -1.99. The van der Waals surface area contributed by atoms with Crippen LogP contribution in [0.25, 0.3) is 22.6 Å². The Bertz CT molecular complexity index is 777. The maximum atomic E-state index is 11.2. The zero-order valence-corrected chi connectivity index (χ0v) is 10.2. The molecular weight excluding hydrogens is 242 g/mol. The summed E-state index contributed by atoms with van der Waals surface area (Å²) in [6.07, 6.45) is 0. The van der Waals surface area contributed by atoms with Crippen LogP contribution in [0.15, 0.2) is 36.4 Å². The number of carbonyl (C=O) groups is 1. The second-order valence-electron chi connectivity index (χ2n) is 4.26. The van der Waals surface area contributed by atoms with E-state index >= 15 is 0 Å². The van der Waals surface area contributed by atoms with Gasteiger partial charge < -0.3 is 10.1 Å². The normalized spacial score (nSPS) is 10.8. The van der Waals surface area contributed by atoms with E-state index in [0.29, 0.717) is 17.0 Å². The Balaban J connectivity index is 2.22. The molecule has 0 bridgehead atoms. The van der Waals surface area contributed by atoms with Gasteiger partial charge in [0.2, 0.25) is 0 Å². The predicted octanol–water partition coefficient (Wildman–Crippen LogP) is 2.63. The number of fused-ring (bicyclic) bond motifs is 1. The van der Waals surface area contributed by atoms with E-state index in [1.54, 1.807) is 24.3 Å². The number of hydrogen-bond acceptors (Lipinski definition) is 3. The Labute approximate surface area is 109 Å². The van der Waals surface area contributed by atoms with E-state index in [1.165, 1.54) is 0 Å². The van der Waals surface area contributed by atoms with Gasteiger partial charge in [-0.1, -0.05) is 18.2 Å². The average molecular weight is 253 g/mol. The highest BCUT2D eigenvalue weighted by Crippen LogP contribution is 2.23. The topological polar surface area (TPSA) is 78.9 Å². The molecule has 0 aliphatic carbocycles. The first-order valence-electron chi connectivity index (χ1n) is 5.81. The maximum Gasteiger partial charge on any atom is 0.336 e. The van der Waals surface area contributed by atoms with Crippen molar-refractivity contribution in [2.45, 2.75) is 6.92 Å². The highest BCUT2D eigenvalue weighted by atomic mass is 16.4. The minimum atomic E-state index is -0.972. The van der Waals surface area contributed by atoms with Crippen molar-refractivity contribution in [1.29, 1.82) is 0 Å². The van der Waals surface area contributed by atoms with Crippen LogP contribution in [0.4, 0.5) is 0 Å². The van der Waals surface area contributed by atoms with Gasteiger partial charge in [0.1, 0.15) is 5.82 Å². The van der Waals surface area contributed by atoms with Crippen molar-refractivity contribution in [2.24, 2.45) is 0 Å². The number of rotatable bonds is 2. The van der Waals surface area contributed by atoms with Gasteiger partial charge in [-0.2, -0.15) is 0 Å². The van der Waals surface area contributed by atoms with Crippen molar-refractivity contribution in [3.8, 4) is 11.4 Å². The molecule has 19 heavy (non-hydrogen) atoms. The number of aromatic carboxylic acids is 1. The molecule has 1 aromatic carbocycles. The number of imidazole rings is 1. The highest BCUT2D eigenvalue weighted by molar-refractivity contribution is 5.95. The molecule has 3 aromatic rings. The molecule has 5 nitrogen and oxygen atoms in total. The van der Waals surface area contributed by atoms with Gasteiger partial charge in [-0.3, -0.25) is 0 Å². The molecule has 0 saturated heterocycles. The third kappa shape index (κ3) is 1.95. The number of nitrogens with one attached hydrogen (secondary N) is 1. The summed E-state index contributed by atoms with van der Waals surface area (Å²) in [5.74, 6) is -0.453. The van der Waals surface area contributed by atoms with E-state index in [4.69, 9.17) is 0 Å². The first-order chi connectivity index (χ1) is 9.15. The van der Waals surface area contributed by atoms with Crippen LogP contribution in [-0.2, 0) is 0 Å². The van der Waals surface area contributed by atoms with Crippen molar-refractivity contribution in [3.05, 3.63) is 47.7 Å². The lowest BCUT2D eigenvalue weighted by Gasteiger charge is -2.01. The fourth-order valence-corrected chi connectivity index (χ4v) is 1.99. The number of carboxylic acids is 1. The third-order valence-electron chi connectivity index (χ3n) is 2.90. The number of carboxylic acid groups (broad SMARTS) is 1. The molecule has 0 spiro atoms. The van der Waals surface area contributed by atoms with Gasteiger partial charge in [0.25, 0.3) is 0 Å². The molecule has 94 valence electrons. The molecule has 5 heteroatoms. The van der Waals surface area contributed by atoms with Gasteiger partial charge in [0.05, 0.1) is 11.1 Å². The van der Waals surface area contributed by atoms with Gasteiger partial charge in [-0.15, -0.1) is 0 Å². The average Bonchev–Trinajstić information content (AvgIpc) is 2.81. The summed E-state index contributed by atoms with van der Waals surface area (Å²) in [4.78, 5) is 23.0. The minimum absolute atomic E-state index is 0.221. The fraction of sp³-hybridized carbons (Fsp3) is 0.0714. The standard InChI is InChI=1S/C14H11N3O2/c1-8-6-7-11-13(15-8)17-12(16-11)9-4-2-3-5-10(9)14(18)19/h2-7H,1H3,(H,18,19)(H,15,16,17). The Kier molecular flexibility index (Phi) is 2.52. The van der Waals surface area contributed by atoms with Crippen LogP contribution in [0.5, 0.6) is 0 Å². The molecule has 2 N–H and O–H groups in total. The van der Waals surface area contributed by atoms with Crippen LogP contribution in [0.1, 0.15) is 16.1 Å². The second-order valence-corrected chi connectivity index (χ2v) is 4.26. The van der Waals surface area contributed by atoms with Crippen molar-refractivity contribution in [3.63, 3.8) is 0 Å². The van der Waals surface area contributed by atoms with Crippen LogP contribution < -0.4 is 0 Å². The fourth-order valence-electron chi connectivity index (χ4n) is 1.99. The van der Waals surface area contributed by atoms with Crippen molar-refractivity contribution in [2.75, 3.05) is 0 Å². The molecule has 0 amide bonds. The summed E-state index contributed by atoms with van der Waals surface area (Å²) >= 11 is 0. The summed E-state index contributed by atoms with van der Waals surface area (Å²) < 4.78 is 0. The number of nitrogens with zero attached hydrogens (tertiary/aromatic N) is 2. The van der Waals surface area contributed by atoms with Crippen molar-refractivity contribution in [1.82, 2.24) is 15.0 Å². The van der Waals surface area contributed by atoms with Gasteiger partial charge in [0, 0.05) is 11.3 Å². The third-order valence-corrected chi connectivity index (χ3v) is 2.90. The van der Waals surface area contributed by atoms with Gasteiger partial charge >= 0.3 is 5.97 Å². The zero-order valence-electron chi connectivity index (χ0n) is 10.2. The van der Waals surface area contributed by atoms with E-state index in [0.717, 1.165) is 11.2 Å². The Morgan fingerprint density at radius 3 is 2.74 bits per heavy atom. The van der Waals surface area contributed by atoms with E-state index in [-0.39, 0.29) is 5.56 Å². The number of H-pyrrole nitrogens is 1. The number of aromatic nitrogens is 3. The Morgan fingerprint density at radius 1 is 1.16 bits per heavy atom. The zero-order chi connectivity index (χ0) is 13.4. The van der Waals surface area contributed by atoms with Crippen LogP contribution in [-0.4, -0.2) is 26.0 Å². The summed E-state index contributed by atoms with van der Waals surface area (Å²) in [6.45, 7) is 1.89. The van der Waals surface area contributed by atoms with Gasteiger partial charge in [-0.05, 0) is 25.1 Å². The number of benzene rings is 1. The van der Waals surface area contributed by atoms with E-state index < -0.39 is 5.97 Å². The van der Waals surface area contributed by atoms with Crippen LogP contribution in [0.2, 0.25) is 0 Å². The molecule has 0 unspecified atom stereocenters. The molecule has 0 atom stereocenters. The largest absolute Gasteiger partial charge is 0.478 e. The highest BCUT2D eigenvalue weighted by Gasteiger charge is 2.14. The summed E-state index contributed by atoms with van der Waals surface area (Å²) in [7, 11) is 0. The minimum Gasteiger partial charge on any atom is -0.478 e. The maximum absolute atomic E-state index is 11.2. The van der Waals surface area contributed by atoms with E-state index in [2.05, 4.69) is 15.0 Å². The predicted molar refractivity (Wildman–Crippen MR) is 71.0 cm³/mol. The molecule has 0 radical (unpaired) electrons. The molecule has 2 heterocycles. The molecule has 3 rings (SSSR count). The first kappa shape index (κ1) is 11.4. The van der Waals surface area contributed by atoms with Crippen molar-refractivity contribution < 1.29 is 9.90 Å². The van der Waals surface area contributed by atoms with Gasteiger partial charge in [0.15, 0.2) is 5.65 Å². The SMILES string of the molecule is Cc1ccc2[nH]c(-c3ccccc3C(=O)O)nc2n1. The van der Waals surface area contributed by atoms with Crippen LogP contribution in [0, 0.1) is 6.92 Å².